The minimum atomic E-state index is -3.76. The Balaban J connectivity index is 2.44. The van der Waals surface area contributed by atoms with Gasteiger partial charge in [-0.3, -0.25) is 4.72 Å². The number of nitrogens with one attached hydrogen (secondary N) is 1. The van der Waals surface area contributed by atoms with Crippen LogP contribution < -0.4 is 4.72 Å². The van der Waals surface area contributed by atoms with E-state index >= 15 is 0 Å². The number of halogens is 1. The molecule has 0 unspecified atom stereocenters. The van der Waals surface area contributed by atoms with Gasteiger partial charge in [-0.05, 0) is 49.2 Å². The van der Waals surface area contributed by atoms with Crippen LogP contribution in [0.25, 0.3) is 0 Å². The van der Waals surface area contributed by atoms with E-state index in [0.717, 1.165) is 0 Å². The Labute approximate surface area is 123 Å². The molecule has 0 saturated carbocycles. The molecule has 0 heterocycles. The fourth-order valence-corrected chi connectivity index (χ4v) is 3.42. The predicted molar refractivity (Wildman–Crippen MR) is 79.8 cm³/mol. The van der Waals surface area contributed by atoms with E-state index in [0.29, 0.717) is 16.8 Å². The molecule has 0 radical (unpaired) electrons. The molecule has 0 aliphatic carbocycles. The van der Waals surface area contributed by atoms with E-state index < -0.39 is 10.0 Å². The van der Waals surface area contributed by atoms with Crippen molar-refractivity contribution in [2.45, 2.75) is 18.7 Å². The third-order valence-corrected chi connectivity index (χ3v) is 4.78. The fourth-order valence-electron chi connectivity index (χ4n) is 1.77. The van der Waals surface area contributed by atoms with Crippen molar-refractivity contribution in [2.24, 2.45) is 0 Å². The average Bonchev–Trinajstić information content (AvgIpc) is 2.36. The molecule has 106 valence electrons. The first kappa shape index (κ1) is 14.7. The van der Waals surface area contributed by atoms with Crippen molar-refractivity contribution in [3.05, 3.63) is 52.5 Å². The summed E-state index contributed by atoms with van der Waals surface area (Å²) in [7, 11) is -3.76. The highest BCUT2D eigenvalue weighted by Gasteiger charge is 2.18. The van der Waals surface area contributed by atoms with E-state index in [1.807, 2.05) is 0 Å². The van der Waals surface area contributed by atoms with Crippen molar-refractivity contribution < 1.29 is 13.5 Å². The molecule has 0 amide bonds. The SMILES string of the molecule is Cc1cc(NS(=O)(=O)c2ccccc2Cl)c(C)cc1O. The monoisotopic (exact) mass is 311 g/mol. The summed E-state index contributed by atoms with van der Waals surface area (Å²) in [5, 5.41) is 9.75. The van der Waals surface area contributed by atoms with Gasteiger partial charge in [-0.25, -0.2) is 8.42 Å². The zero-order valence-corrected chi connectivity index (χ0v) is 12.6. The molecule has 20 heavy (non-hydrogen) atoms. The lowest BCUT2D eigenvalue weighted by atomic mass is 10.1. The van der Waals surface area contributed by atoms with E-state index in [1.165, 1.54) is 18.2 Å². The first-order valence-corrected chi connectivity index (χ1v) is 7.75. The largest absolute Gasteiger partial charge is 0.508 e. The van der Waals surface area contributed by atoms with E-state index in [1.54, 1.807) is 32.0 Å². The van der Waals surface area contributed by atoms with Gasteiger partial charge in [0.15, 0.2) is 0 Å². The Morgan fingerprint density at radius 3 is 2.40 bits per heavy atom. The molecule has 0 spiro atoms. The molecular formula is C14H14ClNO3S. The first-order chi connectivity index (χ1) is 9.31. The third-order valence-electron chi connectivity index (χ3n) is 2.91. The van der Waals surface area contributed by atoms with Crippen LogP contribution in [0.4, 0.5) is 5.69 Å². The van der Waals surface area contributed by atoms with Gasteiger partial charge in [0, 0.05) is 0 Å². The first-order valence-electron chi connectivity index (χ1n) is 5.89. The Morgan fingerprint density at radius 2 is 1.75 bits per heavy atom. The van der Waals surface area contributed by atoms with Gasteiger partial charge in [0.1, 0.15) is 10.6 Å². The third kappa shape index (κ3) is 2.89. The number of benzene rings is 2. The molecule has 2 N–H and O–H groups in total. The van der Waals surface area contributed by atoms with E-state index in [4.69, 9.17) is 11.6 Å². The smallest absolute Gasteiger partial charge is 0.263 e. The number of hydrogen-bond acceptors (Lipinski definition) is 3. The number of phenolic OH excluding ortho intramolecular Hbond substituents is 1. The van der Waals surface area contributed by atoms with Crippen LogP contribution in [0, 0.1) is 13.8 Å². The Kier molecular flexibility index (Phi) is 3.92. The summed E-state index contributed by atoms with van der Waals surface area (Å²) in [5.41, 5.74) is 1.64. The number of aryl methyl sites for hydroxylation is 2. The lowest BCUT2D eigenvalue weighted by Gasteiger charge is -2.13. The Bertz CT molecular complexity index is 757. The fraction of sp³-hybridized carbons (Fsp3) is 0.143. The Hall–Kier alpha value is -1.72. The highest BCUT2D eigenvalue weighted by atomic mass is 35.5. The predicted octanol–water partition coefficient (Wildman–Crippen LogP) is 3.46. The topological polar surface area (TPSA) is 66.4 Å². The van der Waals surface area contributed by atoms with Crippen molar-refractivity contribution in [2.75, 3.05) is 4.72 Å². The number of hydrogen-bond donors (Lipinski definition) is 2. The van der Waals surface area contributed by atoms with Gasteiger partial charge in [0.25, 0.3) is 10.0 Å². The molecule has 4 nitrogen and oxygen atoms in total. The van der Waals surface area contributed by atoms with E-state index in [9.17, 15) is 13.5 Å². The second-order valence-electron chi connectivity index (χ2n) is 4.49. The van der Waals surface area contributed by atoms with E-state index in [-0.39, 0.29) is 15.7 Å². The summed E-state index contributed by atoms with van der Waals surface area (Å²) >= 11 is 5.91. The minimum Gasteiger partial charge on any atom is -0.508 e. The summed E-state index contributed by atoms with van der Waals surface area (Å²) in [5.74, 6) is 0.128. The second kappa shape index (κ2) is 5.34. The zero-order valence-electron chi connectivity index (χ0n) is 11.0. The molecule has 2 aromatic carbocycles. The molecule has 0 aliphatic heterocycles. The second-order valence-corrected chi connectivity index (χ2v) is 6.55. The van der Waals surface area contributed by atoms with Gasteiger partial charge < -0.3 is 5.11 Å². The lowest BCUT2D eigenvalue weighted by molar-refractivity contribution is 0.471. The van der Waals surface area contributed by atoms with Gasteiger partial charge in [0.2, 0.25) is 0 Å². The van der Waals surface area contributed by atoms with Crippen LogP contribution >= 0.6 is 11.6 Å². The van der Waals surface area contributed by atoms with E-state index in [2.05, 4.69) is 4.72 Å². The van der Waals surface area contributed by atoms with Crippen molar-refractivity contribution in [3.63, 3.8) is 0 Å². The van der Waals surface area contributed by atoms with Crippen LogP contribution in [-0.2, 0) is 10.0 Å². The molecule has 2 aromatic rings. The molecule has 0 saturated heterocycles. The zero-order chi connectivity index (χ0) is 14.9. The van der Waals surface area contributed by atoms with Gasteiger partial charge in [-0.1, -0.05) is 23.7 Å². The summed E-state index contributed by atoms with van der Waals surface area (Å²) in [6.45, 7) is 3.41. The number of rotatable bonds is 3. The number of anilines is 1. The summed E-state index contributed by atoms with van der Waals surface area (Å²) in [6.07, 6.45) is 0. The molecule has 0 aliphatic rings. The molecule has 0 aromatic heterocycles. The molecule has 0 bridgehead atoms. The van der Waals surface area contributed by atoms with Crippen molar-refractivity contribution in [3.8, 4) is 5.75 Å². The van der Waals surface area contributed by atoms with Crippen LogP contribution in [0.3, 0.4) is 0 Å². The Morgan fingerprint density at radius 1 is 1.10 bits per heavy atom. The van der Waals surface area contributed by atoms with Gasteiger partial charge >= 0.3 is 0 Å². The van der Waals surface area contributed by atoms with Crippen molar-refractivity contribution in [1.29, 1.82) is 0 Å². The molecule has 0 fully saturated rings. The van der Waals surface area contributed by atoms with Crippen molar-refractivity contribution >= 4 is 27.3 Å². The standard InChI is InChI=1S/C14H14ClNO3S/c1-9-8-13(17)10(2)7-12(9)16-20(18,19)14-6-4-3-5-11(14)15/h3-8,16-17H,1-2H3. The molecule has 0 atom stereocenters. The normalized spacial score (nSPS) is 11.3. The van der Waals surface area contributed by atoms with Crippen LogP contribution in [-0.4, -0.2) is 13.5 Å². The van der Waals surface area contributed by atoms with Crippen LogP contribution in [0.2, 0.25) is 5.02 Å². The number of aromatic hydroxyl groups is 1. The summed E-state index contributed by atoms with van der Waals surface area (Å²) in [6, 6.07) is 9.32. The maximum Gasteiger partial charge on any atom is 0.263 e. The molecule has 2 rings (SSSR count). The minimum absolute atomic E-state index is 0.0202. The maximum atomic E-state index is 12.3. The van der Waals surface area contributed by atoms with Gasteiger partial charge in [0.05, 0.1) is 10.7 Å². The van der Waals surface area contributed by atoms with Gasteiger partial charge in [-0.2, -0.15) is 0 Å². The molecule has 6 heteroatoms. The van der Waals surface area contributed by atoms with Crippen LogP contribution in [0.5, 0.6) is 5.75 Å². The van der Waals surface area contributed by atoms with Crippen LogP contribution in [0.15, 0.2) is 41.3 Å². The van der Waals surface area contributed by atoms with Crippen molar-refractivity contribution in [1.82, 2.24) is 0 Å². The highest BCUT2D eigenvalue weighted by molar-refractivity contribution is 7.92. The average molecular weight is 312 g/mol. The highest BCUT2D eigenvalue weighted by Crippen LogP contribution is 2.28. The maximum absolute atomic E-state index is 12.3. The lowest BCUT2D eigenvalue weighted by Crippen LogP contribution is -2.14. The quantitative estimate of drug-likeness (QED) is 0.853. The summed E-state index contributed by atoms with van der Waals surface area (Å²) < 4.78 is 27.1. The number of phenols is 1. The number of sulfonamides is 1. The van der Waals surface area contributed by atoms with Gasteiger partial charge in [-0.15, -0.1) is 0 Å². The van der Waals surface area contributed by atoms with Crippen LogP contribution in [0.1, 0.15) is 11.1 Å². The molecular weight excluding hydrogens is 298 g/mol. The summed E-state index contributed by atoms with van der Waals surface area (Å²) in [4.78, 5) is 0.0202.